The number of carbonyl (C=O) groups excluding carboxylic acids is 1. The lowest BCUT2D eigenvalue weighted by molar-refractivity contribution is 0.100. The summed E-state index contributed by atoms with van der Waals surface area (Å²) >= 11 is 0. The van der Waals surface area contributed by atoms with Crippen molar-refractivity contribution in [2.24, 2.45) is 11.7 Å². The maximum absolute atomic E-state index is 11.0. The van der Waals surface area contributed by atoms with E-state index in [-0.39, 0.29) is 0 Å². The molecule has 5 N–H and O–H groups in total. The zero-order valence-corrected chi connectivity index (χ0v) is 9.20. The van der Waals surface area contributed by atoms with E-state index in [0.717, 1.165) is 18.2 Å². The first kappa shape index (κ1) is 10.8. The van der Waals surface area contributed by atoms with E-state index in [1.54, 1.807) is 18.2 Å². The molecule has 1 aromatic carbocycles. The maximum atomic E-state index is 11.0. The number of nitrogens with two attached hydrogens (primary N) is 2. The highest BCUT2D eigenvalue weighted by Crippen LogP contribution is 2.27. The van der Waals surface area contributed by atoms with E-state index in [1.165, 1.54) is 19.3 Å². The van der Waals surface area contributed by atoms with Crippen molar-refractivity contribution in [2.75, 3.05) is 17.6 Å². The molecule has 0 atom stereocenters. The Morgan fingerprint density at radius 1 is 1.44 bits per heavy atom. The number of hydrogen-bond acceptors (Lipinski definition) is 3. The predicted molar refractivity (Wildman–Crippen MR) is 65.2 cm³/mol. The minimum absolute atomic E-state index is 0.424. The molecule has 0 spiro atoms. The van der Waals surface area contributed by atoms with Crippen LogP contribution in [0, 0.1) is 5.92 Å². The summed E-state index contributed by atoms with van der Waals surface area (Å²) in [5.41, 5.74) is 13.0. The van der Waals surface area contributed by atoms with E-state index in [0.29, 0.717) is 11.3 Å². The molecular formula is C12H17N3O. The second kappa shape index (κ2) is 4.43. The zero-order chi connectivity index (χ0) is 11.5. The van der Waals surface area contributed by atoms with Crippen LogP contribution in [-0.2, 0) is 0 Å². The lowest BCUT2D eigenvalue weighted by atomic mass is 9.85. The van der Waals surface area contributed by atoms with Gasteiger partial charge in [-0.1, -0.05) is 6.42 Å². The normalized spacial score (nSPS) is 15.5. The van der Waals surface area contributed by atoms with Crippen LogP contribution < -0.4 is 16.8 Å². The highest BCUT2D eigenvalue weighted by molar-refractivity contribution is 5.94. The molecule has 0 radical (unpaired) electrons. The zero-order valence-electron chi connectivity index (χ0n) is 9.20. The van der Waals surface area contributed by atoms with Crippen molar-refractivity contribution in [3.8, 4) is 0 Å². The number of amides is 1. The molecule has 0 aliphatic heterocycles. The van der Waals surface area contributed by atoms with Crippen LogP contribution in [0.15, 0.2) is 18.2 Å². The average molecular weight is 219 g/mol. The Morgan fingerprint density at radius 2 is 2.19 bits per heavy atom. The van der Waals surface area contributed by atoms with Crippen molar-refractivity contribution < 1.29 is 4.79 Å². The molecule has 0 aromatic heterocycles. The summed E-state index contributed by atoms with van der Waals surface area (Å²) < 4.78 is 0. The minimum atomic E-state index is -0.424. The third-order valence-corrected chi connectivity index (χ3v) is 3.14. The van der Waals surface area contributed by atoms with Crippen LogP contribution in [0.1, 0.15) is 29.6 Å². The van der Waals surface area contributed by atoms with Gasteiger partial charge in [0.05, 0.1) is 11.4 Å². The number of primary amides is 1. The quantitative estimate of drug-likeness (QED) is 0.672. The van der Waals surface area contributed by atoms with Gasteiger partial charge in [0.2, 0.25) is 5.91 Å². The minimum Gasteiger partial charge on any atom is -0.397 e. The summed E-state index contributed by atoms with van der Waals surface area (Å²) in [4.78, 5) is 11.0. The Morgan fingerprint density at radius 3 is 2.75 bits per heavy atom. The SMILES string of the molecule is NC(=O)c1ccc(N)c(NCC2CCC2)c1. The smallest absolute Gasteiger partial charge is 0.248 e. The summed E-state index contributed by atoms with van der Waals surface area (Å²) in [5, 5.41) is 3.28. The molecule has 1 saturated carbocycles. The third-order valence-electron chi connectivity index (χ3n) is 3.14. The second-order valence-corrected chi connectivity index (χ2v) is 4.34. The Kier molecular flexibility index (Phi) is 2.99. The molecular weight excluding hydrogens is 202 g/mol. The molecule has 0 saturated heterocycles. The van der Waals surface area contributed by atoms with Gasteiger partial charge < -0.3 is 16.8 Å². The van der Waals surface area contributed by atoms with Gasteiger partial charge in [-0.15, -0.1) is 0 Å². The first-order valence-corrected chi connectivity index (χ1v) is 5.60. The molecule has 4 nitrogen and oxygen atoms in total. The predicted octanol–water partition coefficient (Wildman–Crippen LogP) is 1.58. The molecule has 1 aliphatic carbocycles. The van der Waals surface area contributed by atoms with Crippen molar-refractivity contribution in [1.29, 1.82) is 0 Å². The van der Waals surface area contributed by atoms with Crippen LogP contribution in [0.4, 0.5) is 11.4 Å². The lowest BCUT2D eigenvalue weighted by Gasteiger charge is -2.26. The summed E-state index contributed by atoms with van der Waals surface area (Å²) in [6, 6.07) is 5.08. The van der Waals surface area contributed by atoms with Gasteiger partial charge in [-0.3, -0.25) is 4.79 Å². The number of nitrogens with one attached hydrogen (secondary N) is 1. The Hall–Kier alpha value is -1.71. The van der Waals surface area contributed by atoms with E-state index >= 15 is 0 Å². The van der Waals surface area contributed by atoms with Crippen LogP contribution >= 0.6 is 0 Å². The van der Waals surface area contributed by atoms with E-state index in [2.05, 4.69) is 5.32 Å². The number of anilines is 2. The summed E-state index contributed by atoms with van der Waals surface area (Å²) in [6.07, 6.45) is 3.88. The van der Waals surface area contributed by atoms with Crippen LogP contribution in [-0.4, -0.2) is 12.5 Å². The van der Waals surface area contributed by atoms with Gasteiger partial charge >= 0.3 is 0 Å². The Balaban J connectivity index is 2.05. The van der Waals surface area contributed by atoms with Crippen LogP contribution in [0.3, 0.4) is 0 Å². The van der Waals surface area contributed by atoms with E-state index < -0.39 is 5.91 Å². The van der Waals surface area contributed by atoms with Crippen LogP contribution in [0.5, 0.6) is 0 Å². The molecule has 1 fully saturated rings. The molecule has 1 aliphatic rings. The molecule has 1 aromatic rings. The molecule has 16 heavy (non-hydrogen) atoms. The topological polar surface area (TPSA) is 81.1 Å². The molecule has 1 amide bonds. The Bertz CT molecular complexity index is 399. The fourth-order valence-corrected chi connectivity index (χ4v) is 1.81. The van der Waals surface area contributed by atoms with E-state index in [4.69, 9.17) is 11.5 Å². The highest BCUT2D eigenvalue weighted by atomic mass is 16.1. The van der Waals surface area contributed by atoms with Crippen LogP contribution in [0.2, 0.25) is 0 Å². The van der Waals surface area contributed by atoms with Gasteiger partial charge in [0.1, 0.15) is 0 Å². The van der Waals surface area contributed by atoms with Gasteiger partial charge in [-0.2, -0.15) is 0 Å². The maximum Gasteiger partial charge on any atom is 0.248 e. The van der Waals surface area contributed by atoms with Crippen LogP contribution in [0.25, 0.3) is 0 Å². The first-order chi connectivity index (χ1) is 7.66. The summed E-state index contributed by atoms with van der Waals surface area (Å²) in [6.45, 7) is 0.923. The number of carbonyl (C=O) groups is 1. The van der Waals surface area contributed by atoms with Gasteiger partial charge in [0, 0.05) is 12.1 Å². The van der Waals surface area contributed by atoms with Gasteiger partial charge in [0.25, 0.3) is 0 Å². The van der Waals surface area contributed by atoms with Crippen molar-refractivity contribution in [3.05, 3.63) is 23.8 Å². The van der Waals surface area contributed by atoms with E-state index in [9.17, 15) is 4.79 Å². The molecule has 0 unspecified atom stereocenters. The highest BCUT2D eigenvalue weighted by Gasteiger charge is 2.17. The van der Waals surface area contributed by atoms with Crippen molar-refractivity contribution in [1.82, 2.24) is 0 Å². The van der Waals surface area contributed by atoms with Crippen molar-refractivity contribution >= 4 is 17.3 Å². The van der Waals surface area contributed by atoms with Crippen molar-refractivity contribution in [2.45, 2.75) is 19.3 Å². The third kappa shape index (κ3) is 2.27. The summed E-state index contributed by atoms with van der Waals surface area (Å²) in [5.74, 6) is 0.323. The van der Waals surface area contributed by atoms with Gasteiger partial charge in [0.15, 0.2) is 0 Å². The second-order valence-electron chi connectivity index (χ2n) is 4.34. The monoisotopic (exact) mass is 219 g/mol. The molecule has 2 rings (SSSR count). The Labute approximate surface area is 95.0 Å². The number of benzene rings is 1. The standard InChI is InChI=1S/C12H17N3O/c13-10-5-4-9(12(14)16)6-11(10)15-7-8-2-1-3-8/h4-6,8,15H,1-3,7,13H2,(H2,14,16). The fourth-order valence-electron chi connectivity index (χ4n) is 1.81. The first-order valence-electron chi connectivity index (χ1n) is 5.60. The number of rotatable bonds is 4. The average Bonchev–Trinajstić information content (AvgIpc) is 2.18. The van der Waals surface area contributed by atoms with Crippen molar-refractivity contribution in [3.63, 3.8) is 0 Å². The summed E-state index contributed by atoms with van der Waals surface area (Å²) in [7, 11) is 0. The van der Waals surface area contributed by atoms with Gasteiger partial charge in [-0.05, 0) is 37.0 Å². The molecule has 86 valence electrons. The number of hydrogen-bond donors (Lipinski definition) is 3. The molecule has 0 bridgehead atoms. The number of nitrogen functional groups attached to an aromatic ring is 1. The van der Waals surface area contributed by atoms with E-state index in [1.807, 2.05) is 0 Å². The fraction of sp³-hybridized carbons (Fsp3) is 0.417. The lowest BCUT2D eigenvalue weighted by Crippen LogP contribution is -2.21. The van der Waals surface area contributed by atoms with Gasteiger partial charge in [-0.25, -0.2) is 0 Å². The molecule has 0 heterocycles. The molecule has 4 heteroatoms. The largest absolute Gasteiger partial charge is 0.397 e.